The summed E-state index contributed by atoms with van der Waals surface area (Å²) in [5, 5.41) is 3.12. The lowest BCUT2D eigenvalue weighted by molar-refractivity contribution is 0.344. The summed E-state index contributed by atoms with van der Waals surface area (Å²) >= 11 is 1.73. The van der Waals surface area contributed by atoms with Gasteiger partial charge in [-0.2, -0.15) is 20.2 Å². The van der Waals surface area contributed by atoms with Gasteiger partial charge in [-0.25, -0.2) is 0 Å². The largest absolute Gasteiger partial charge is 0.464 e. The number of nitrogens with zero attached hydrogens (tertiary/aromatic N) is 2. The lowest BCUT2D eigenvalue weighted by atomic mass is 10.2. The van der Waals surface area contributed by atoms with Crippen molar-refractivity contribution >= 4 is 27.6 Å². The van der Waals surface area contributed by atoms with Gasteiger partial charge >= 0.3 is 0 Å². The van der Waals surface area contributed by atoms with Gasteiger partial charge < -0.3 is 14.6 Å². The summed E-state index contributed by atoms with van der Waals surface area (Å²) in [6.45, 7) is 1.43. The summed E-state index contributed by atoms with van der Waals surface area (Å²) in [6, 6.07) is 10.9. The molecule has 134 valence electrons. The SMILES string of the molecule is CN(C)Cc1ccc(CSCCNC2=NS(=O)(=O)c3ccccc32)o1. The monoisotopic (exact) mass is 379 g/mol. The second-order valence-electron chi connectivity index (χ2n) is 6.00. The van der Waals surface area contributed by atoms with E-state index in [0.717, 1.165) is 29.6 Å². The van der Waals surface area contributed by atoms with E-state index in [9.17, 15) is 8.42 Å². The molecule has 1 aliphatic heterocycles. The number of thioether (sulfide) groups is 1. The average Bonchev–Trinajstić information content (AvgIpc) is 3.09. The molecule has 1 aliphatic rings. The van der Waals surface area contributed by atoms with Crippen molar-refractivity contribution in [3.8, 4) is 0 Å². The fourth-order valence-corrected chi connectivity index (χ4v) is 4.49. The van der Waals surface area contributed by atoms with Crippen LogP contribution in [0.5, 0.6) is 0 Å². The zero-order chi connectivity index (χ0) is 17.9. The van der Waals surface area contributed by atoms with E-state index in [1.54, 1.807) is 30.0 Å². The maximum Gasteiger partial charge on any atom is 0.285 e. The summed E-state index contributed by atoms with van der Waals surface area (Å²) in [4.78, 5) is 2.34. The number of rotatable bonds is 7. The van der Waals surface area contributed by atoms with Gasteiger partial charge in [-0.3, -0.25) is 0 Å². The van der Waals surface area contributed by atoms with Gasteiger partial charge in [0.2, 0.25) is 0 Å². The summed E-state index contributed by atoms with van der Waals surface area (Å²) in [6.07, 6.45) is 0. The van der Waals surface area contributed by atoms with Gasteiger partial charge in [0.1, 0.15) is 22.3 Å². The Kier molecular flexibility index (Phi) is 5.51. The number of hydrogen-bond acceptors (Lipinski definition) is 6. The molecular formula is C17H21N3O3S2. The van der Waals surface area contributed by atoms with E-state index in [2.05, 4.69) is 14.6 Å². The van der Waals surface area contributed by atoms with Crippen molar-refractivity contribution in [2.75, 3.05) is 26.4 Å². The normalized spacial score (nSPS) is 15.2. The van der Waals surface area contributed by atoms with E-state index in [-0.39, 0.29) is 4.90 Å². The molecule has 8 heteroatoms. The molecule has 0 spiro atoms. The minimum Gasteiger partial charge on any atom is -0.464 e. The van der Waals surface area contributed by atoms with Gasteiger partial charge in [0.15, 0.2) is 0 Å². The first-order valence-electron chi connectivity index (χ1n) is 7.94. The van der Waals surface area contributed by atoms with Crippen LogP contribution >= 0.6 is 11.8 Å². The van der Waals surface area contributed by atoms with Crippen LogP contribution in [0.4, 0.5) is 0 Å². The zero-order valence-corrected chi connectivity index (χ0v) is 15.9. The molecule has 6 nitrogen and oxygen atoms in total. The molecule has 25 heavy (non-hydrogen) atoms. The highest BCUT2D eigenvalue weighted by Crippen LogP contribution is 2.24. The Hall–Kier alpha value is -1.77. The first kappa shape index (κ1) is 18.0. The van der Waals surface area contributed by atoms with E-state index in [4.69, 9.17) is 4.42 Å². The van der Waals surface area contributed by atoms with Crippen LogP contribution in [0.1, 0.15) is 17.1 Å². The van der Waals surface area contributed by atoms with Gasteiger partial charge in [-0.05, 0) is 38.4 Å². The minimum absolute atomic E-state index is 0.272. The van der Waals surface area contributed by atoms with E-state index in [0.29, 0.717) is 17.9 Å². The van der Waals surface area contributed by atoms with Crippen LogP contribution in [0.3, 0.4) is 0 Å². The Morgan fingerprint density at radius 2 is 1.92 bits per heavy atom. The van der Waals surface area contributed by atoms with E-state index < -0.39 is 10.0 Å². The second kappa shape index (κ2) is 7.63. The van der Waals surface area contributed by atoms with Crippen LogP contribution in [0.25, 0.3) is 0 Å². The van der Waals surface area contributed by atoms with Crippen LogP contribution < -0.4 is 5.32 Å². The van der Waals surface area contributed by atoms with Gasteiger partial charge in [-0.15, -0.1) is 4.40 Å². The van der Waals surface area contributed by atoms with Crippen molar-refractivity contribution in [2.45, 2.75) is 17.2 Å². The third kappa shape index (κ3) is 4.45. The Balaban J connectivity index is 1.46. The Morgan fingerprint density at radius 1 is 1.16 bits per heavy atom. The molecule has 0 saturated carbocycles. The van der Waals surface area contributed by atoms with Gasteiger partial charge in [0.25, 0.3) is 10.0 Å². The number of hydrogen-bond donors (Lipinski definition) is 1. The standard InChI is InChI=1S/C17H21N3O3S2/c1-20(2)11-13-7-8-14(23-13)12-24-10-9-18-17-15-5-3-4-6-16(15)25(21,22)19-17/h3-8H,9-12H2,1-2H3,(H,18,19). The number of sulfonamides is 1. The first-order valence-corrected chi connectivity index (χ1v) is 10.5. The Morgan fingerprint density at radius 3 is 2.72 bits per heavy atom. The summed E-state index contributed by atoms with van der Waals surface area (Å²) in [5.74, 6) is 3.96. The maximum atomic E-state index is 12.0. The van der Waals surface area contributed by atoms with E-state index >= 15 is 0 Å². The van der Waals surface area contributed by atoms with Gasteiger partial charge in [0.05, 0.1) is 12.3 Å². The predicted octanol–water partition coefficient (Wildman–Crippen LogP) is 2.31. The van der Waals surface area contributed by atoms with Crippen molar-refractivity contribution in [1.82, 2.24) is 10.2 Å². The Labute approximate surface area is 152 Å². The van der Waals surface area contributed by atoms with Crippen molar-refractivity contribution in [1.29, 1.82) is 0 Å². The average molecular weight is 380 g/mol. The molecule has 0 aliphatic carbocycles. The van der Waals surface area contributed by atoms with Gasteiger partial charge in [-0.1, -0.05) is 12.1 Å². The van der Waals surface area contributed by atoms with Crippen LogP contribution in [0, 0.1) is 0 Å². The molecule has 2 heterocycles. The molecule has 1 aromatic carbocycles. The van der Waals surface area contributed by atoms with E-state index in [1.165, 1.54) is 0 Å². The van der Waals surface area contributed by atoms with Crippen molar-refractivity contribution in [2.24, 2.45) is 4.40 Å². The van der Waals surface area contributed by atoms with Gasteiger partial charge in [0, 0.05) is 17.9 Å². The first-order chi connectivity index (χ1) is 12.0. The van der Waals surface area contributed by atoms with Crippen molar-refractivity contribution in [3.05, 3.63) is 53.5 Å². The lowest BCUT2D eigenvalue weighted by Gasteiger charge is -2.06. The summed E-state index contributed by atoms with van der Waals surface area (Å²) in [7, 11) is 0.465. The molecule has 2 aromatic rings. The van der Waals surface area contributed by atoms with Crippen LogP contribution in [-0.2, 0) is 22.3 Å². The Bertz CT molecular complexity index is 873. The molecule has 3 rings (SSSR count). The van der Waals surface area contributed by atoms with Crippen molar-refractivity contribution < 1.29 is 12.8 Å². The maximum absolute atomic E-state index is 12.0. The fraction of sp³-hybridized carbons (Fsp3) is 0.353. The molecule has 0 atom stereocenters. The molecule has 0 bridgehead atoms. The summed E-state index contributed by atoms with van der Waals surface area (Å²) in [5.41, 5.74) is 0.645. The molecule has 1 aromatic heterocycles. The third-order valence-corrected chi connectivity index (χ3v) is 5.92. The molecule has 0 amide bonds. The zero-order valence-electron chi connectivity index (χ0n) is 14.2. The topological polar surface area (TPSA) is 74.9 Å². The highest BCUT2D eigenvalue weighted by Gasteiger charge is 2.27. The van der Waals surface area contributed by atoms with Crippen LogP contribution in [-0.4, -0.2) is 45.5 Å². The number of fused-ring (bicyclic) bond motifs is 1. The fourth-order valence-electron chi connectivity index (χ4n) is 2.54. The van der Waals surface area contributed by atoms with Crippen LogP contribution in [0.15, 0.2) is 50.1 Å². The highest BCUT2D eigenvalue weighted by atomic mass is 32.2. The molecule has 0 saturated heterocycles. The second-order valence-corrected chi connectivity index (χ2v) is 8.67. The molecule has 0 radical (unpaired) electrons. The third-order valence-electron chi connectivity index (χ3n) is 3.60. The summed E-state index contributed by atoms with van der Waals surface area (Å²) < 4.78 is 33.5. The molecule has 1 N–H and O–H groups in total. The predicted molar refractivity (Wildman–Crippen MR) is 100 cm³/mol. The number of amidine groups is 1. The molecule has 0 unspecified atom stereocenters. The molecule has 0 fully saturated rings. The quantitative estimate of drug-likeness (QED) is 0.744. The highest BCUT2D eigenvalue weighted by molar-refractivity contribution is 7.98. The van der Waals surface area contributed by atoms with Crippen molar-refractivity contribution in [3.63, 3.8) is 0 Å². The van der Waals surface area contributed by atoms with E-state index in [1.807, 2.05) is 32.3 Å². The lowest BCUT2D eigenvalue weighted by Crippen LogP contribution is -2.25. The number of nitrogens with one attached hydrogen (secondary N) is 1. The van der Waals surface area contributed by atoms with Crippen LogP contribution in [0.2, 0.25) is 0 Å². The minimum atomic E-state index is -3.55. The molecular weight excluding hydrogens is 358 g/mol. The number of furan rings is 1. The number of benzene rings is 1. The smallest absolute Gasteiger partial charge is 0.285 e.